The maximum absolute atomic E-state index is 9.01. The number of ether oxygens (including phenoxy) is 2. The van der Waals surface area contributed by atoms with E-state index in [1.165, 1.54) is 0 Å². The molecule has 0 amide bonds. The van der Waals surface area contributed by atoms with E-state index < -0.39 is 0 Å². The average molecular weight is 197 g/mol. The Hall–Kier alpha value is -1.13. The van der Waals surface area contributed by atoms with Crippen LogP contribution in [0.15, 0.2) is 12.3 Å². The fourth-order valence-corrected chi connectivity index (χ4v) is 1.05. The molecular weight excluding hydrogens is 182 g/mol. The maximum atomic E-state index is 9.01. The summed E-state index contributed by atoms with van der Waals surface area (Å²) < 4.78 is 10.3. The van der Waals surface area contributed by atoms with Gasteiger partial charge in [0.05, 0.1) is 13.2 Å². The van der Waals surface area contributed by atoms with Gasteiger partial charge < -0.3 is 14.6 Å². The molecule has 1 aromatic heterocycles. The highest BCUT2D eigenvalue weighted by atomic mass is 16.5. The first-order valence-corrected chi connectivity index (χ1v) is 4.46. The molecule has 1 heterocycles. The monoisotopic (exact) mass is 197 g/mol. The van der Waals surface area contributed by atoms with E-state index in [1.54, 1.807) is 19.4 Å². The van der Waals surface area contributed by atoms with Gasteiger partial charge in [0.25, 0.3) is 0 Å². The lowest BCUT2D eigenvalue weighted by atomic mass is 10.2. The van der Waals surface area contributed by atoms with Gasteiger partial charge >= 0.3 is 0 Å². The zero-order chi connectivity index (χ0) is 10.4. The number of hydrogen-bond acceptors (Lipinski definition) is 4. The van der Waals surface area contributed by atoms with E-state index in [9.17, 15) is 0 Å². The predicted molar refractivity (Wildman–Crippen MR) is 52.3 cm³/mol. The van der Waals surface area contributed by atoms with Crippen LogP contribution in [0.3, 0.4) is 0 Å². The van der Waals surface area contributed by atoms with Crippen LogP contribution in [0.5, 0.6) is 5.75 Å². The molecule has 0 aliphatic heterocycles. The van der Waals surface area contributed by atoms with Gasteiger partial charge in [0.2, 0.25) is 0 Å². The molecule has 14 heavy (non-hydrogen) atoms. The van der Waals surface area contributed by atoms with Gasteiger partial charge in [-0.1, -0.05) is 0 Å². The SMILES string of the molecule is COCCOc1cc(C)ncc1CO. The molecule has 78 valence electrons. The topological polar surface area (TPSA) is 51.6 Å². The molecular formula is C10H15NO3. The third-order valence-electron chi connectivity index (χ3n) is 1.80. The summed E-state index contributed by atoms with van der Waals surface area (Å²) in [6.07, 6.45) is 1.62. The Morgan fingerprint density at radius 3 is 2.86 bits per heavy atom. The third-order valence-corrected chi connectivity index (χ3v) is 1.80. The van der Waals surface area contributed by atoms with Crippen LogP contribution in [-0.2, 0) is 11.3 Å². The number of aliphatic hydroxyl groups is 1. The Labute approximate surface area is 83.5 Å². The summed E-state index contributed by atoms with van der Waals surface area (Å²) in [6.45, 7) is 2.83. The van der Waals surface area contributed by atoms with Crippen LogP contribution in [0.2, 0.25) is 0 Å². The number of nitrogens with zero attached hydrogens (tertiary/aromatic N) is 1. The lowest BCUT2D eigenvalue weighted by Crippen LogP contribution is -2.06. The van der Waals surface area contributed by atoms with Gasteiger partial charge in [-0.2, -0.15) is 0 Å². The first-order chi connectivity index (χ1) is 6.77. The van der Waals surface area contributed by atoms with E-state index in [0.29, 0.717) is 24.5 Å². The molecule has 1 N–H and O–H groups in total. The van der Waals surface area contributed by atoms with E-state index in [2.05, 4.69) is 4.98 Å². The molecule has 0 spiro atoms. The van der Waals surface area contributed by atoms with Crippen molar-refractivity contribution >= 4 is 0 Å². The Kier molecular flexibility index (Phi) is 4.35. The molecule has 0 saturated carbocycles. The van der Waals surface area contributed by atoms with E-state index in [0.717, 1.165) is 5.69 Å². The highest BCUT2D eigenvalue weighted by molar-refractivity contribution is 5.32. The number of aryl methyl sites for hydroxylation is 1. The second-order valence-electron chi connectivity index (χ2n) is 2.93. The third kappa shape index (κ3) is 2.97. The molecule has 0 unspecified atom stereocenters. The van der Waals surface area contributed by atoms with Crippen molar-refractivity contribution in [1.82, 2.24) is 4.98 Å². The zero-order valence-electron chi connectivity index (χ0n) is 8.49. The highest BCUT2D eigenvalue weighted by Crippen LogP contribution is 2.18. The fraction of sp³-hybridized carbons (Fsp3) is 0.500. The zero-order valence-corrected chi connectivity index (χ0v) is 8.49. The van der Waals surface area contributed by atoms with Crippen LogP contribution < -0.4 is 4.74 Å². The molecule has 0 atom stereocenters. The molecule has 0 aliphatic rings. The minimum Gasteiger partial charge on any atom is -0.491 e. The van der Waals surface area contributed by atoms with Crippen LogP contribution in [0.4, 0.5) is 0 Å². The van der Waals surface area contributed by atoms with Crippen LogP contribution in [0.25, 0.3) is 0 Å². The predicted octanol–water partition coefficient (Wildman–Crippen LogP) is 0.908. The highest BCUT2D eigenvalue weighted by Gasteiger charge is 2.03. The van der Waals surface area contributed by atoms with Crippen molar-refractivity contribution in [2.24, 2.45) is 0 Å². The van der Waals surface area contributed by atoms with Crippen molar-refractivity contribution in [2.45, 2.75) is 13.5 Å². The van der Waals surface area contributed by atoms with Crippen molar-refractivity contribution in [3.63, 3.8) is 0 Å². The van der Waals surface area contributed by atoms with Crippen molar-refractivity contribution in [1.29, 1.82) is 0 Å². The Balaban J connectivity index is 2.67. The van der Waals surface area contributed by atoms with Crippen LogP contribution in [0, 0.1) is 6.92 Å². The minimum atomic E-state index is -0.0599. The molecule has 0 fully saturated rings. The number of pyridine rings is 1. The van der Waals surface area contributed by atoms with Gasteiger partial charge in [0.15, 0.2) is 0 Å². The molecule has 0 aliphatic carbocycles. The Morgan fingerprint density at radius 1 is 1.43 bits per heavy atom. The maximum Gasteiger partial charge on any atom is 0.128 e. The van der Waals surface area contributed by atoms with E-state index in [1.807, 2.05) is 6.92 Å². The summed E-state index contributed by atoms with van der Waals surface area (Å²) in [5.74, 6) is 0.678. The number of aromatic nitrogens is 1. The van der Waals surface area contributed by atoms with Crippen molar-refractivity contribution in [3.8, 4) is 5.75 Å². The molecule has 1 aromatic rings. The molecule has 4 heteroatoms. The minimum absolute atomic E-state index is 0.0599. The first-order valence-electron chi connectivity index (χ1n) is 4.46. The summed E-state index contributed by atoms with van der Waals surface area (Å²) >= 11 is 0. The smallest absolute Gasteiger partial charge is 0.128 e. The lowest BCUT2D eigenvalue weighted by molar-refractivity contribution is 0.144. The largest absolute Gasteiger partial charge is 0.491 e. The number of aliphatic hydroxyl groups excluding tert-OH is 1. The fourth-order valence-electron chi connectivity index (χ4n) is 1.05. The molecule has 0 saturated heterocycles. The number of hydrogen-bond donors (Lipinski definition) is 1. The molecule has 0 radical (unpaired) electrons. The van der Waals surface area contributed by atoms with Crippen LogP contribution in [-0.4, -0.2) is 30.4 Å². The first kappa shape index (κ1) is 10.9. The summed E-state index contributed by atoms with van der Waals surface area (Å²) in [5.41, 5.74) is 1.57. The van der Waals surface area contributed by atoms with Gasteiger partial charge in [-0.15, -0.1) is 0 Å². The second kappa shape index (κ2) is 5.57. The van der Waals surface area contributed by atoms with Gasteiger partial charge in [0.1, 0.15) is 12.4 Å². The van der Waals surface area contributed by atoms with Crippen LogP contribution in [0.1, 0.15) is 11.3 Å². The van der Waals surface area contributed by atoms with E-state index in [-0.39, 0.29) is 6.61 Å². The van der Waals surface area contributed by atoms with E-state index in [4.69, 9.17) is 14.6 Å². The molecule has 0 bridgehead atoms. The molecule has 1 rings (SSSR count). The Morgan fingerprint density at radius 2 is 2.21 bits per heavy atom. The molecule has 0 aromatic carbocycles. The normalized spacial score (nSPS) is 10.2. The average Bonchev–Trinajstić information content (AvgIpc) is 2.19. The van der Waals surface area contributed by atoms with Gasteiger partial charge in [-0.05, 0) is 6.92 Å². The molecule has 4 nitrogen and oxygen atoms in total. The van der Waals surface area contributed by atoms with Gasteiger partial charge in [-0.3, -0.25) is 4.98 Å². The summed E-state index contributed by atoms with van der Waals surface area (Å²) in [7, 11) is 1.62. The second-order valence-corrected chi connectivity index (χ2v) is 2.93. The van der Waals surface area contributed by atoms with Crippen LogP contribution >= 0.6 is 0 Å². The quantitative estimate of drug-likeness (QED) is 0.713. The van der Waals surface area contributed by atoms with Crippen molar-refractivity contribution < 1.29 is 14.6 Å². The lowest BCUT2D eigenvalue weighted by Gasteiger charge is -2.09. The number of methoxy groups -OCH3 is 1. The number of rotatable bonds is 5. The van der Waals surface area contributed by atoms with Crippen molar-refractivity contribution in [2.75, 3.05) is 20.3 Å². The van der Waals surface area contributed by atoms with E-state index >= 15 is 0 Å². The van der Waals surface area contributed by atoms with Gasteiger partial charge in [0, 0.05) is 30.6 Å². The summed E-state index contributed by atoms with van der Waals surface area (Å²) in [4.78, 5) is 4.07. The Bertz CT molecular complexity index is 289. The summed E-state index contributed by atoms with van der Waals surface area (Å²) in [6, 6.07) is 1.81. The van der Waals surface area contributed by atoms with Gasteiger partial charge in [-0.25, -0.2) is 0 Å². The summed E-state index contributed by atoms with van der Waals surface area (Å²) in [5, 5.41) is 9.01. The standard InChI is InChI=1S/C10H15NO3/c1-8-5-10(14-4-3-13-2)9(7-12)6-11-8/h5-6,12H,3-4,7H2,1-2H3. The van der Waals surface area contributed by atoms with Crippen molar-refractivity contribution in [3.05, 3.63) is 23.5 Å².